The molecule has 1 heterocycles. The molecule has 0 amide bonds. The van der Waals surface area contributed by atoms with Gasteiger partial charge in [0.1, 0.15) is 0 Å². The third-order valence-electron chi connectivity index (χ3n) is 1.79. The van der Waals surface area contributed by atoms with Crippen molar-refractivity contribution < 1.29 is 4.74 Å². The van der Waals surface area contributed by atoms with E-state index in [2.05, 4.69) is 11.1 Å². The smallest absolute Gasteiger partial charge is 0.0734 e. The van der Waals surface area contributed by atoms with Gasteiger partial charge in [0.05, 0.1) is 6.61 Å². The predicted molar refractivity (Wildman–Crippen MR) is 49.0 cm³/mol. The van der Waals surface area contributed by atoms with E-state index >= 15 is 0 Å². The van der Waals surface area contributed by atoms with E-state index in [1.54, 1.807) is 0 Å². The highest BCUT2D eigenvalue weighted by Crippen LogP contribution is 2.08. The number of pyridine rings is 1. The van der Waals surface area contributed by atoms with Crippen LogP contribution < -0.4 is 0 Å². The number of aromatic nitrogens is 1. The normalized spacial score (nSPS) is 10.2. The molecule has 0 N–H and O–H groups in total. The molecule has 0 saturated heterocycles. The Morgan fingerprint density at radius 2 is 2.17 bits per heavy atom. The fourth-order valence-electron chi connectivity index (χ4n) is 1.06. The van der Waals surface area contributed by atoms with Gasteiger partial charge in [0.2, 0.25) is 0 Å². The lowest BCUT2D eigenvalue weighted by Gasteiger charge is -2.05. The van der Waals surface area contributed by atoms with Crippen molar-refractivity contribution in [3.8, 4) is 0 Å². The van der Waals surface area contributed by atoms with E-state index in [9.17, 15) is 0 Å². The zero-order valence-corrected chi connectivity index (χ0v) is 7.92. The van der Waals surface area contributed by atoms with Crippen LogP contribution in [0.3, 0.4) is 0 Å². The summed E-state index contributed by atoms with van der Waals surface area (Å²) in [6.07, 6.45) is 1.88. The monoisotopic (exact) mass is 165 g/mol. The molecule has 0 fully saturated rings. The second-order valence-corrected chi connectivity index (χ2v) is 2.89. The fourth-order valence-corrected chi connectivity index (χ4v) is 1.06. The zero-order valence-electron chi connectivity index (χ0n) is 7.92. The van der Waals surface area contributed by atoms with E-state index < -0.39 is 0 Å². The van der Waals surface area contributed by atoms with E-state index in [1.807, 2.05) is 27.0 Å². The lowest BCUT2D eigenvalue weighted by molar-refractivity contribution is 0.133. The van der Waals surface area contributed by atoms with Gasteiger partial charge in [-0.25, -0.2) is 0 Å². The maximum atomic E-state index is 5.32. The molecule has 0 spiro atoms. The first-order chi connectivity index (χ1) is 5.74. The molecule has 0 aliphatic carbocycles. The zero-order chi connectivity index (χ0) is 8.97. The second-order valence-electron chi connectivity index (χ2n) is 2.89. The van der Waals surface area contributed by atoms with E-state index in [0.29, 0.717) is 6.61 Å². The van der Waals surface area contributed by atoms with E-state index in [0.717, 1.165) is 12.3 Å². The molecule has 0 bridgehead atoms. The first-order valence-electron chi connectivity index (χ1n) is 4.24. The third-order valence-corrected chi connectivity index (χ3v) is 1.79. The van der Waals surface area contributed by atoms with Crippen LogP contribution in [-0.2, 0) is 11.3 Å². The van der Waals surface area contributed by atoms with Gasteiger partial charge in [-0.2, -0.15) is 0 Å². The van der Waals surface area contributed by atoms with Crippen LogP contribution >= 0.6 is 0 Å². The molecule has 0 atom stereocenters. The summed E-state index contributed by atoms with van der Waals surface area (Å²) < 4.78 is 5.32. The Morgan fingerprint density at radius 1 is 1.42 bits per heavy atom. The lowest BCUT2D eigenvalue weighted by Crippen LogP contribution is -1.97. The number of aryl methyl sites for hydroxylation is 2. The number of hydrogen-bond acceptors (Lipinski definition) is 2. The molecule has 0 aromatic carbocycles. The average molecular weight is 165 g/mol. The Hall–Kier alpha value is -0.890. The van der Waals surface area contributed by atoms with E-state index in [4.69, 9.17) is 4.74 Å². The SMILES string of the molecule is CCOCc1cc(C)cnc1C. The van der Waals surface area contributed by atoms with Crippen LogP contribution in [0.4, 0.5) is 0 Å². The molecule has 1 rings (SSSR count). The summed E-state index contributed by atoms with van der Waals surface area (Å²) in [5.41, 5.74) is 3.45. The van der Waals surface area contributed by atoms with Crippen molar-refractivity contribution in [2.75, 3.05) is 6.61 Å². The van der Waals surface area contributed by atoms with Gasteiger partial charge in [-0.1, -0.05) is 6.07 Å². The highest BCUT2D eigenvalue weighted by atomic mass is 16.5. The lowest BCUT2D eigenvalue weighted by atomic mass is 10.2. The van der Waals surface area contributed by atoms with Crippen molar-refractivity contribution in [3.05, 3.63) is 29.1 Å². The van der Waals surface area contributed by atoms with E-state index in [1.165, 1.54) is 11.1 Å². The molecule has 66 valence electrons. The molecule has 0 saturated carbocycles. The largest absolute Gasteiger partial charge is 0.377 e. The molecule has 2 heteroatoms. The number of hydrogen-bond donors (Lipinski definition) is 0. The highest BCUT2D eigenvalue weighted by Gasteiger charge is 1.98. The number of rotatable bonds is 3. The summed E-state index contributed by atoms with van der Waals surface area (Å²) in [6, 6.07) is 2.12. The van der Waals surface area contributed by atoms with Crippen molar-refractivity contribution in [2.24, 2.45) is 0 Å². The van der Waals surface area contributed by atoms with Crippen molar-refractivity contribution in [1.82, 2.24) is 4.98 Å². The van der Waals surface area contributed by atoms with Crippen molar-refractivity contribution in [2.45, 2.75) is 27.4 Å². The molecule has 1 aromatic heterocycles. The number of nitrogens with zero attached hydrogens (tertiary/aromatic N) is 1. The number of ether oxygens (including phenoxy) is 1. The Bertz CT molecular complexity index is 258. The van der Waals surface area contributed by atoms with Gasteiger partial charge in [-0.15, -0.1) is 0 Å². The minimum Gasteiger partial charge on any atom is -0.377 e. The Labute approximate surface area is 73.6 Å². The Morgan fingerprint density at radius 3 is 2.83 bits per heavy atom. The molecule has 12 heavy (non-hydrogen) atoms. The third kappa shape index (κ3) is 2.31. The van der Waals surface area contributed by atoms with Crippen molar-refractivity contribution in [3.63, 3.8) is 0 Å². The predicted octanol–water partition coefficient (Wildman–Crippen LogP) is 2.23. The highest BCUT2D eigenvalue weighted by molar-refractivity contribution is 5.22. The molecular weight excluding hydrogens is 150 g/mol. The summed E-state index contributed by atoms with van der Waals surface area (Å²) in [7, 11) is 0. The van der Waals surface area contributed by atoms with Gasteiger partial charge in [-0.3, -0.25) is 4.98 Å². The molecular formula is C10H15NO. The Kier molecular flexibility index (Phi) is 3.23. The molecule has 0 unspecified atom stereocenters. The van der Waals surface area contributed by atoms with Crippen LogP contribution in [0.1, 0.15) is 23.7 Å². The van der Waals surface area contributed by atoms with Gasteiger partial charge in [0.15, 0.2) is 0 Å². The van der Waals surface area contributed by atoms with E-state index in [-0.39, 0.29) is 0 Å². The van der Waals surface area contributed by atoms with Crippen LogP contribution in [-0.4, -0.2) is 11.6 Å². The summed E-state index contributed by atoms with van der Waals surface area (Å²) >= 11 is 0. The first kappa shape index (κ1) is 9.20. The van der Waals surface area contributed by atoms with Crippen LogP contribution in [0.2, 0.25) is 0 Å². The van der Waals surface area contributed by atoms with Crippen LogP contribution in [0, 0.1) is 13.8 Å². The summed E-state index contributed by atoms with van der Waals surface area (Å²) in [4.78, 5) is 4.25. The standard InChI is InChI=1S/C10H15NO/c1-4-12-7-10-5-8(2)6-11-9(10)3/h5-6H,4,7H2,1-3H3. The molecule has 2 nitrogen and oxygen atoms in total. The Balaban J connectivity index is 2.75. The second kappa shape index (κ2) is 4.21. The maximum Gasteiger partial charge on any atom is 0.0734 e. The minimum atomic E-state index is 0.678. The van der Waals surface area contributed by atoms with Gasteiger partial charge in [0.25, 0.3) is 0 Å². The first-order valence-corrected chi connectivity index (χ1v) is 4.24. The van der Waals surface area contributed by atoms with Crippen molar-refractivity contribution >= 4 is 0 Å². The van der Waals surface area contributed by atoms with Crippen molar-refractivity contribution in [1.29, 1.82) is 0 Å². The van der Waals surface area contributed by atoms with Gasteiger partial charge in [-0.05, 0) is 31.9 Å². The summed E-state index contributed by atoms with van der Waals surface area (Å²) in [6.45, 7) is 7.48. The quantitative estimate of drug-likeness (QED) is 0.685. The van der Waals surface area contributed by atoms with Crippen LogP contribution in [0.15, 0.2) is 12.3 Å². The van der Waals surface area contributed by atoms with Crippen LogP contribution in [0.5, 0.6) is 0 Å². The molecule has 0 radical (unpaired) electrons. The maximum absolute atomic E-state index is 5.32. The summed E-state index contributed by atoms with van der Waals surface area (Å²) in [5.74, 6) is 0. The molecule has 0 aliphatic heterocycles. The topological polar surface area (TPSA) is 22.1 Å². The van der Waals surface area contributed by atoms with Gasteiger partial charge >= 0.3 is 0 Å². The summed E-state index contributed by atoms with van der Waals surface area (Å²) in [5, 5.41) is 0. The molecule has 1 aromatic rings. The fraction of sp³-hybridized carbons (Fsp3) is 0.500. The van der Waals surface area contributed by atoms with Gasteiger partial charge in [0, 0.05) is 18.5 Å². The average Bonchev–Trinajstić information content (AvgIpc) is 2.07. The van der Waals surface area contributed by atoms with Gasteiger partial charge < -0.3 is 4.74 Å². The van der Waals surface area contributed by atoms with Crippen LogP contribution in [0.25, 0.3) is 0 Å². The molecule has 0 aliphatic rings. The minimum absolute atomic E-state index is 0.678.